The van der Waals surface area contributed by atoms with E-state index in [0.717, 1.165) is 13.1 Å². The van der Waals surface area contributed by atoms with E-state index >= 15 is 0 Å². The van der Waals surface area contributed by atoms with Crippen LogP contribution in [0.15, 0.2) is 12.7 Å². The van der Waals surface area contributed by atoms with Gasteiger partial charge in [0.1, 0.15) is 0 Å². The maximum absolute atomic E-state index is 3.93. The number of piperazine rings is 1. The Morgan fingerprint density at radius 3 is 2.59 bits per heavy atom. The zero-order valence-electron chi connectivity index (χ0n) is 11.6. The summed E-state index contributed by atoms with van der Waals surface area (Å²) in [5.41, 5.74) is 0.729. The first-order valence-corrected chi connectivity index (χ1v) is 7.25. The van der Waals surface area contributed by atoms with Gasteiger partial charge in [-0.05, 0) is 26.2 Å². The fraction of sp³-hybridized carbons (Fsp3) is 0.867. The van der Waals surface area contributed by atoms with Crippen LogP contribution in [-0.2, 0) is 0 Å². The molecule has 1 aliphatic carbocycles. The van der Waals surface area contributed by atoms with Crippen molar-refractivity contribution in [1.82, 2.24) is 10.2 Å². The summed E-state index contributed by atoms with van der Waals surface area (Å²) in [6.07, 6.45) is 10.2. The first-order valence-electron chi connectivity index (χ1n) is 7.25. The van der Waals surface area contributed by atoms with Gasteiger partial charge in [0.25, 0.3) is 0 Å². The lowest BCUT2D eigenvalue weighted by molar-refractivity contribution is 0.00705. The van der Waals surface area contributed by atoms with E-state index in [1.807, 2.05) is 0 Å². The average Bonchev–Trinajstić information content (AvgIpc) is 2.36. The summed E-state index contributed by atoms with van der Waals surface area (Å²) in [4.78, 5) is 2.65. The first kappa shape index (κ1) is 13.1. The van der Waals surface area contributed by atoms with Crippen LogP contribution in [0.25, 0.3) is 0 Å². The van der Waals surface area contributed by atoms with E-state index in [9.17, 15) is 0 Å². The highest BCUT2D eigenvalue weighted by Crippen LogP contribution is 2.35. The predicted octanol–water partition coefficient (Wildman–Crippen LogP) is 2.95. The summed E-state index contributed by atoms with van der Waals surface area (Å²) >= 11 is 0. The van der Waals surface area contributed by atoms with E-state index in [4.69, 9.17) is 0 Å². The normalized spacial score (nSPS) is 33.8. The quantitative estimate of drug-likeness (QED) is 0.758. The third kappa shape index (κ3) is 2.58. The van der Waals surface area contributed by atoms with Crippen molar-refractivity contribution in [1.29, 1.82) is 0 Å². The summed E-state index contributed by atoms with van der Waals surface area (Å²) in [7, 11) is 0. The Balaban J connectivity index is 2.09. The molecular formula is C15H28N2. The molecule has 1 unspecified atom stereocenters. The van der Waals surface area contributed by atoms with Crippen LogP contribution in [0.4, 0.5) is 0 Å². The van der Waals surface area contributed by atoms with Gasteiger partial charge < -0.3 is 5.32 Å². The van der Waals surface area contributed by atoms with Crippen molar-refractivity contribution in [2.24, 2.45) is 0 Å². The molecule has 17 heavy (non-hydrogen) atoms. The number of hydrogen-bond donors (Lipinski definition) is 1. The van der Waals surface area contributed by atoms with Crippen molar-refractivity contribution in [3.8, 4) is 0 Å². The molecule has 98 valence electrons. The van der Waals surface area contributed by atoms with Gasteiger partial charge in [-0.3, -0.25) is 4.90 Å². The van der Waals surface area contributed by atoms with Crippen LogP contribution in [0.3, 0.4) is 0 Å². The molecule has 2 rings (SSSR count). The van der Waals surface area contributed by atoms with Crippen molar-refractivity contribution in [2.45, 2.75) is 63.5 Å². The molecule has 2 fully saturated rings. The molecule has 1 atom stereocenters. The first-order chi connectivity index (χ1) is 8.14. The largest absolute Gasteiger partial charge is 0.308 e. The average molecular weight is 236 g/mol. The SMILES string of the molecule is C=CCN1CC2(CCCCC2)NCC1(C)CC. The molecule has 0 bridgehead atoms. The molecule has 1 saturated carbocycles. The van der Waals surface area contributed by atoms with Crippen molar-refractivity contribution in [3.05, 3.63) is 12.7 Å². The van der Waals surface area contributed by atoms with Crippen LogP contribution in [0.5, 0.6) is 0 Å². The minimum atomic E-state index is 0.316. The Kier molecular flexibility index (Phi) is 3.94. The molecule has 0 aromatic rings. The molecule has 0 aromatic heterocycles. The fourth-order valence-electron chi connectivity index (χ4n) is 3.45. The molecule has 0 amide bonds. The van der Waals surface area contributed by atoms with Crippen molar-refractivity contribution >= 4 is 0 Å². The number of nitrogens with one attached hydrogen (secondary N) is 1. The van der Waals surface area contributed by atoms with Gasteiger partial charge in [0.15, 0.2) is 0 Å². The van der Waals surface area contributed by atoms with Crippen LogP contribution in [0, 0.1) is 0 Å². The van der Waals surface area contributed by atoms with Gasteiger partial charge in [0.05, 0.1) is 0 Å². The van der Waals surface area contributed by atoms with Gasteiger partial charge >= 0.3 is 0 Å². The Hall–Kier alpha value is -0.340. The number of rotatable bonds is 3. The summed E-state index contributed by atoms with van der Waals surface area (Å²) in [5, 5.41) is 3.89. The lowest BCUT2D eigenvalue weighted by atomic mass is 9.77. The lowest BCUT2D eigenvalue weighted by Crippen LogP contribution is -2.69. The molecule has 2 nitrogen and oxygen atoms in total. The summed E-state index contributed by atoms with van der Waals surface area (Å²) in [5.74, 6) is 0. The topological polar surface area (TPSA) is 15.3 Å². The molecule has 0 radical (unpaired) electrons. The number of nitrogens with zero attached hydrogens (tertiary/aromatic N) is 1. The maximum Gasteiger partial charge on any atom is 0.0309 e. The van der Waals surface area contributed by atoms with Crippen LogP contribution in [0.2, 0.25) is 0 Å². The van der Waals surface area contributed by atoms with Gasteiger partial charge in [-0.25, -0.2) is 0 Å². The molecule has 1 N–H and O–H groups in total. The highest BCUT2D eigenvalue weighted by Gasteiger charge is 2.43. The smallest absolute Gasteiger partial charge is 0.0309 e. The van der Waals surface area contributed by atoms with E-state index in [0.29, 0.717) is 11.1 Å². The van der Waals surface area contributed by atoms with Crippen molar-refractivity contribution in [2.75, 3.05) is 19.6 Å². The molecule has 2 aliphatic rings. The predicted molar refractivity (Wildman–Crippen MR) is 74.3 cm³/mol. The second-order valence-electron chi connectivity index (χ2n) is 6.21. The van der Waals surface area contributed by atoms with E-state index in [2.05, 4.69) is 36.7 Å². The molecule has 0 aromatic carbocycles. The molecule has 1 aliphatic heterocycles. The van der Waals surface area contributed by atoms with Crippen LogP contribution in [-0.4, -0.2) is 35.6 Å². The number of hydrogen-bond acceptors (Lipinski definition) is 2. The monoisotopic (exact) mass is 236 g/mol. The van der Waals surface area contributed by atoms with Gasteiger partial charge in [-0.1, -0.05) is 32.3 Å². The molecule has 2 heteroatoms. The second kappa shape index (κ2) is 5.11. The minimum absolute atomic E-state index is 0.316. The fourth-order valence-corrected chi connectivity index (χ4v) is 3.45. The summed E-state index contributed by atoms with van der Waals surface area (Å²) < 4.78 is 0. The van der Waals surface area contributed by atoms with Gasteiger partial charge in [0, 0.05) is 30.7 Å². The standard InChI is InChI=1S/C15H28N2/c1-4-11-17-13-15(9-7-6-8-10-15)16-12-14(17,3)5-2/h4,16H,1,5-13H2,2-3H3. The zero-order valence-corrected chi connectivity index (χ0v) is 11.6. The Morgan fingerprint density at radius 2 is 2.00 bits per heavy atom. The van der Waals surface area contributed by atoms with Crippen molar-refractivity contribution < 1.29 is 0 Å². The summed E-state index contributed by atoms with van der Waals surface area (Å²) in [6, 6.07) is 0. The minimum Gasteiger partial charge on any atom is -0.308 e. The van der Waals surface area contributed by atoms with E-state index < -0.39 is 0 Å². The Morgan fingerprint density at radius 1 is 1.29 bits per heavy atom. The molecule has 1 heterocycles. The van der Waals surface area contributed by atoms with E-state index in [1.54, 1.807) is 0 Å². The summed E-state index contributed by atoms with van der Waals surface area (Å²) in [6.45, 7) is 12.0. The molecular weight excluding hydrogens is 208 g/mol. The highest BCUT2D eigenvalue weighted by molar-refractivity contribution is 5.05. The Labute approximate surface area is 106 Å². The lowest BCUT2D eigenvalue weighted by Gasteiger charge is -2.54. The van der Waals surface area contributed by atoms with Gasteiger partial charge in [0.2, 0.25) is 0 Å². The van der Waals surface area contributed by atoms with Gasteiger partial charge in [-0.2, -0.15) is 0 Å². The molecule has 1 spiro atoms. The second-order valence-corrected chi connectivity index (χ2v) is 6.21. The van der Waals surface area contributed by atoms with E-state index in [1.165, 1.54) is 45.1 Å². The molecule has 1 saturated heterocycles. The van der Waals surface area contributed by atoms with E-state index in [-0.39, 0.29) is 0 Å². The van der Waals surface area contributed by atoms with Gasteiger partial charge in [-0.15, -0.1) is 6.58 Å². The van der Waals surface area contributed by atoms with Crippen molar-refractivity contribution in [3.63, 3.8) is 0 Å². The van der Waals surface area contributed by atoms with Crippen LogP contribution in [0.1, 0.15) is 52.4 Å². The highest BCUT2D eigenvalue weighted by atomic mass is 15.3. The third-order valence-corrected chi connectivity index (χ3v) is 5.02. The maximum atomic E-state index is 3.93. The van der Waals surface area contributed by atoms with Crippen LogP contribution >= 0.6 is 0 Å². The Bertz CT molecular complexity index is 268. The van der Waals surface area contributed by atoms with Crippen LogP contribution < -0.4 is 5.32 Å². The zero-order chi connectivity index (χ0) is 12.4. The third-order valence-electron chi connectivity index (χ3n) is 5.02.